The predicted octanol–water partition coefficient (Wildman–Crippen LogP) is 3.09. The lowest BCUT2D eigenvalue weighted by Gasteiger charge is -2.26. The van der Waals surface area contributed by atoms with Gasteiger partial charge in [-0.05, 0) is 36.6 Å². The third-order valence-corrected chi connectivity index (χ3v) is 6.34. The van der Waals surface area contributed by atoms with Gasteiger partial charge in [-0.1, -0.05) is 24.3 Å². The third-order valence-electron chi connectivity index (χ3n) is 5.24. The topological polar surface area (TPSA) is 48.9 Å². The van der Waals surface area contributed by atoms with Gasteiger partial charge in [0.15, 0.2) is 5.96 Å². The molecule has 0 bridgehead atoms. The summed E-state index contributed by atoms with van der Waals surface area (Å²) in [5.74, 6) is 0.912. The van der Waals surface area contributed by atoms with Crippen LogP contribution < -0.4 is 10.6 Å². The molecule has 1 aliphatic heterocycles. The molecule has 1 aromatic carbocycles. The second kappa shape index (κ2) is 12.1. The molecule has 1 aliphatic carbocycles. The van der Waals surface area contributed by atoms with Crippen LogP contribution in [0, 0.1) is 0 Å². The SMILES string of the molecule is CN=C(NCc1cccc(CN2CCOCC2)c1)NC1CCC(SC)C1.I. The molecule has 5 nitrogen and oxygen atoms in total. The van der Waals surface area contributed by atoms with Gasteiger partial charge in [0, 0.05) is 44.5 Å². The Morgan fingerprint density at radius 1 is 1.26 bits per heavy atom. The van der Waals surface area contributed by atoms with Crippen LogP contribution in [0.15, 0.2) is 29.3 Å². The largest absolute Gasteiger partial charge is 0.379 e. The number of rotatable bonds is 6. The maximum atomic E-state index is 5.43. The lowest BCUT2D eigenvalue weighted by Crippen LogP contribution is -2.42. The number of thioether (sulfide) groups is 1. The summed E-state index contributed by atoms with van der Waals surface area (Å²) in [5.41, 5.74) is 2.67. The van der Waals surface area contributed by atoms with E-state index in [1.165, 1.54) is 30.4 Å². The van der Waals surface area contributed by atoms with Gasteiger partial charge in [0.1, 0.15) is 0 Å². The van der Waals surface area contributed by atoms with E-state index in [-0.39, 0.29) is 24.0 Å². The fourth-order valence-corrected chi connectivity index (χ4v) is 4.51. The molecule has 1 aromatic rings. The number of halogens is 1. The van der Waals surface area contributed by atoms with Gasteiger partial charge in [-0.15, -0.1) is 24.0 Å². The molecule has 0 radical (unpaired) electrons. The average molecular weight is 504 g/mol. The molecule has 2 aliphatic rings. The highest BCUT2D eigenvalue weighted by molar-refractivity contribution is 14.0. The first-order valence-corrected chi connectivity index (χ1v) is 10.9. The standard InChI is InChI=1S/C20H32N4OS.HI/c1-21-20(23-18-6-7-19(13-18)26-2)22-14-16-4-3-5-17(12-16)15-24-8-10-25-11-9-24;/h3-5,12,18-19H,6-11,13-15H2,1-2H3,(H2,21,22,23);1H. The molecule has 2 unspecified atom stereocenters. The van der Waals surface area contributed by atoms with Crippen LogP contribution in [-0.4, -0.2) is 61.8 Å². The van der Waals surface area contributed by atoms with Gasteiger partial charge in [0.2, 0.25) is 0 Å². The van der Waals surface area contributed by atoms with E-state index in [0.29, 0.717) is 6.04 Å². The molecule has 2 N–H and O–H groups in total. The van der Waals surface area contributed by atoms with Crippen molar-refractivity contribution >= 4 is 41.7 Å². The fourth-order valence-electron chi connectivity index (χ4n) is 3.71. The Balaban J connectivity index is 0.00000261. The Morgan fingerprint density at radius 3 is 2.74 bits per heavy atom. The summed E-state index contributed by atoms with van der Waals surface area (Å²) >= 11 is 1.98. The van der Waals surface area contributed by atoms with Crippen LogP contribution >= 0.6 is 35.7 Å². The Morgan fingerprint density at radius 2 is 2.04 bits per heavy atom. The Kier molecular flexibility index (Phi) is 10.2. The predicted molar refractivity (Wildman–Crippen MR) is 126 cm³/mol. The lowest BCUT2D eigenvalue weighted by atomic mass is 10.1. The van der Waals surface area contributed by atoms with Crippen LogP contribution in [0.2, 0.25) is 0 Å². The number of guanidine groups is 1. The molecule has 2 atom stereocenters. The summed E-state index contributed by atoms with van der Waals surface area (Å²) in [6.45, 7) is 5.55. The quantitative estimate of drug-likeness (QED) is 0.355. The number of benzene rings is 1. The highest BCUT2D eigenvalue weighted by Crippen LogP contribution is 2.28. The Bertz CT molecular complexity index is 595. The van der Waals surface area contributed by atoms with Crippen molar-refractivity contribution in [3.05, 3.63) is 35.4 Å². The average Bonchev–Trinajstić information content (AvgIpc) is 3.14. The van der Waals surface area contributed by atoms with Gasteiger partial charge >= 0.3 is 0 Å². The van der Waals surface area contributed by atoms with Crippen LogP contribution in [0.1, 0.15) is 30.4 Å². The molecule has 0 spiro atoms. The molecule has 7 heteroatoms. The summed E-state index contributed by atoms with van der Waals surface area (Å²) in [6.07, 6.45) is 5.99. The summed E-state index contributed by atoms with van der Waals surface area (Å²) in [4.78, 5) is 6.86. The molecule has 27 heavy (non-hydrogen) atoms. The fraction of sp³-hybridized carbons (Fsp3) is 0.650. The van der Waals surface area contributed by atoms with Gasteiger partial charge in [-0.25, -0.2) is 0 Å². The first kappa shape index (κ1) is 22.8. The minimum atomic E-state index is 0. The van der Waals surface area contributed by atoms with Crippen molar-refractivity contribution in [3.63, 3.8) is 0 Å². The summed E-state index contributed by atoms with van der Waals surface area (Å²) < 4.78 is 5.43. The van der Waals surface area contributed by atoms with Crippen molar-refractivity contribution in [3.8, 4) is 0 Å². The van der Waals surface area contributed by atoms with Crippen molar-refractivity contribution < 1.29 is 4.74 Å². The number of nitrogens with zero attached hydrogens (tertiary/aromatic N) is 2. The second-order valence-corrected chi connectivity index (χ2v) is 8.28. The number of morpholine rings is 1. The highest BCUT2D eigenvalue weighted by Gasteiger charge is 2.24. The van der Waals surface area contributed by atoms with Gasteiger partial charge in [0.25, 0.3) is 0 Å². The molecule has 0 amide bonds. The molecule has 2 fully saturated rings. The Hall–Kier alpha value is -0.510. The number of aliphatic imine (C=N–C) groups is 1. The monoisotopic (exact) mass is 504 g/mol. The first-order chi connectivity index (χ1) is 12.8. The summed E-state index contributed by atoms with van der Waals surface area (Å²) in [6, 6.07) is 9.40. The molecule has 0 aromatic heterocycles. The van der Waals surface area contributed by atoms with Crippen LogP contribution in [0.4, 0.5) is 0 Å². The van der Waals surface area contributed by atoms with E-state index >= 15 is 0 Å². The maximum Gasteiger partial charge on any atom is 0.191 e. The van der Waals surface area contributed by atoms with Crippen molar-refractivity contribution in [2.45, 2.75) is 43.6 Å². The van der Waals surface area contributed by atoms with Crippen LogP contribution in [0.3, 0.4) is 0 Å². The smallest absolute Gasteiger partial charge is 0.191 e. The number of hydrogen-bond donors (Lipinski definition) is 2. The van der Waals surface area contributed by atoms with E-state index < -0.39 is 0 Å². The van der Waals surface area contributed by atoms with E-state index in [2.05, 4.69) is 51.0 Å². The zero-order valence-corrected chi connectivity index (χ0v) is 19.6. The minimum absolute atomic E-state index is 0. The van der Waals surface area contributed by atoms with Crippen molar-refractivity contribution in [1.29, 1.82) is 0 Å². The van der Waals surface area contributed by atoms with Gasteiger partial charge in [-0.3, -0.25) is 9.89 Å². The van der Waals surface area contributed by atoms with E-state index in [9.17, 15) is 0 Å². The summed E-state index contributed by atoms with van der Waals surface area (Å²) in [5, 5.41) is 7.85. The summed E-state index contributed by atoms with van der Waals surface area (Å²) in [7, 11) is 1.85. The molecule has 152 valence electrons. The molecule has 1 saturated heterocycles. The highest BCUT2D eigenvalue weighted by atomic mass is 127. The van der Waals surface area contributed by atoms with Crippen LogP contribution in [0.25, 0.3) is 0 Å². The van der Waals surface area contributed by atoms with E-state index in [1.54, 1.807) is 0 Å². The van der Waals surface area contributed by atoms with Gasteiger partial charge < -0.3 is 15.4 Å². The number of nitrogens with one attached hydrogen (secondary N) is 2. The number of ether oxygens (including phenoxy) is 1. The molecular weight excluding hydrogens is 471 g/mol. The van der Waals surface area contributed by atoms with Gasteiger partial charge in [0.05, 0.1) is 13.2 Å². The van der Waals surface area contributed by atoms with E-state index in [4.69, 9.17) is 4.74 Å². The molecule has 3 rings (SSSR count). The molecule has 1 heterocycles. The third kappa shape index (κ3) is 7.44. The lowest BCUT2D eigenvalue weighted by molar-refractivity contribution is 0.0342. The molecular formula is C20H33IN4OS. The van der Waals surface area contributed by atoms with E-state index in [1.807, 2.05) is 18.8 Å². The first-order valence-electron chi connectivity index (χ1n) is 9.64. The zero-order chi connectivity index (χ0) is 18.2. The maximum absolute atomic E-state index is 5.43. The Labute approximate surface area is 185 Å². The van der Waals surface area contributed by atoms with Gasteiger partial charge in [-0.2, -0.15) is 11.8 Å². The van der Waals surface area contributed by atoms with Crippen LogP contribution in [0.5, 0.6) is 0 Å². The zero-order valence-electron chi connectivity index (χ0n) is 16.4. The minimum Gasteiger partial charge on any atom is -0.379 e. The van der Waals surface area contributed by atoms with Crippen molar-refractivity contribution in [2.75, 3.05) is 39.6 Å². The number of hydrogen-bond acceptors (Lipinski definition) is 4. The van der Waals surface area contributed by atoms with Crippen molar-refractivity contribution in [1.82, 2.24) is 15.5 Å². The van der Waals surface area contributed by atoms with E-state index in [0.717, 1.165) is 50.6 Å². The van der Waals surface area contributed by atoms with Crippen LogP contribution in [-0.2, 0) is 17.8 Å². The normalized spacial score (nSPS) is 23.7. The second-order valence-electron chi connectivity index (χ2n) is 7.15. The van der Waals surface area contributed by atoms with Crippen molar-refractivity contribution in [2.24, 2.45) is 4.99 Å². The molecule has 1 saturated carbocycles.